The van der Waals surface area contributed by atoms with E-state index in [1.807, 2.05) is 32.0 Å². The summed E-state index contributed by atoms with van der Waals surface area (Å²) in [4.78, 5) is 47.8. The van der Waals surface area contributed by atoms with Gasteiger partial charge >= 0.3 is 0 Å². The van der Waals surface area contributed by atoms with Crippen molar-refractivity contribution in [1.29, 1.82) is 0 Å². The number of hydrogen-bond acceptors (Lipinski definition) is 5. The fraction of sp³-hybridized carbons (Fsp3) is 0.567. The van der Waals surface area contributed by atoms with E-state index in [0.29, 0.717) is 32.5 Å². The number of likely N-dealkylation sites (tertiary alicyclic amines) is 1. The number of thioether (sulfide) groups is 1. The number of unbranched alkanes of at least 4 members (excludes halogenated alkanes) is 1. The highest BCUT2D eigenvalue weighted by Crippen LogP contribution is 2.69. The van der Waals surface area contributed by atoms with Crippen molar-refractivity contribution in [3.05, 3.63) is 54.6 Å². The summed E-state index contributed by atoms with van der Waals surface area (Å²) in [6.07, 6.45) is 5.36. The zero-order chi connectivity index (χ0) is 27.8. The predicted molar refractivity (Wildman–Crippen MR) is 153 cm³/mol. The van der Waals surface area contributed by atoms with Gasteiger partial charge in [-0.1, -0.05) is 37.3 Å². The van der Waals surface area contributed by atoms with Crippen molar-refractivity contribution in [3.8, 4) is 0 Å². The van der Waals surface area contributed by atoms with Gasteiger partial charge in [0.15, 0.2) is 0 Å². The zero-order valence-electron chi connectivity index (χ0n) is 23.1. The highest BCUT2D eigenvalue weighted by molar-refractivity contribution is 8.02. The van der Waals surface area contributed by atoms with Crippen LogP contribution in [0.5, 0.6) is 0 Å². The number of para-hydroxylation sites is 1. The van der Waals surface area contributed by atoms with E-state index in [9.17, 15) is 19.5 Å². The number of likely N-dealkylation sites (N-methyl/N-ethyl adjacent to an activating group) is 1. The van der Waals surface area contributed by atoms with Gasteiger partial charge in [0.2, 0.25) is 11.8 Å². The van der Waals surface area contributed by atoms with E-state index in [2.05, 4.69) is 20.1 Å². The molecule has 3 saturated heterocycles. The molecule has 3 unspecified atom stereocenters. The fourth-order valence-electron chi connectivity index (χ4n) is 7.05. The lowest BCUT2D eigenvalue weighted by Crippen LogP contribution is -2.57. The highest BCUT2D eigenvalue weighted by atomic mass is 32.2. The van der Waals surface area contributed by atoms with Crippen molar-refractivity contribution < 1.29 is 19.5 Å². The minimum atomic E-state index is -0.690. The van der Waals surface area contributed by atoms with Crippen molar-refractivity contribution in [2.24, 2.45) is 17.8 Å². The number of anilines is 1. The van der Waals surface area contributed by atoms with Crippen molar-refractivity contribution in [1.82, 2.24) is 9.80 Å². The van der Waals surface area contributed by atoms with E-state index >= 15 is 0 Å². The van der Waals surface area contributed by atoms with Crippen LogP contribution in [0.2, 0.25) is 0 Å². The summed E-state index contributed by atoms with van der Waals surface area (Å²) >= 11 is 1.69. The third-order valence-electron chi connectivity index (χ3n) is 8.64. The van der Waals surface area contributed by atoms with Crippen LogP contribution in [0.15, 0.2) is 43.5 Å². The minimum absolute atomic E-state index is 0.00154. The molecule has 3 amide bonds. The Kier molecular flexibility index (Phi) is 8.43. The maximum atomic E-state index is 14.7. The average Bonchev–Trinajstić information content (AvgIpc) is 3.46. The van der Waals surface area contributed by atoms with Gasteiger partial charge in [0.05, 0.1) is 16.6 Å². The lowest BCUT2D eigenvalue weighted by Gasteiger charge is -2.41. The largest absolute Gasteiger partial charge is 0.396 e. The fourth-order valence-corrected chi connectivity index (χ4v) is 9.46. The standard InChI is InChI=1S/C30H41N3O4S/c1-7-14-31(6)27(35)23-22-18-21(5)30(38-22)24(23)28(36)33(16-9-10-17-34)26(30)29(37)32(15-8-2)25-19(3)12-11-13-20(25)4/h7-8,11-13,21-24,26,34H,1-2,9-10,14-18H2,3-6H3/t21?,22-,23+,24+,26?,30?/m1/s1. The molecule has 38 heavy (non-hydrogen) atoms. The van der Waals surface area contributed by atoms with Crippen molar-refractivity contribution in [2.75, 3.05) is 38.2 Å². The van der Waals surface area contributed by atoms with Crippen LogP contribution in [0.3, 0.4) is 0 Å². The van der Waals surface area contributed by atoms with Crippen LogP contribution in [0, 0.1) is 31.6 Å². The van der Waals surface area contributed by atoms with Crippen molar-refractivity contribution in [2.45, 2.75) is 56.1 Å². The monoisotopic (exact) mass is 539 g/mol. The Morgan fingerprint density at radius 3 is 2.42 bits per heavy atom. The lowest BCUT2D eigenvalue weighted by molar-refractivity contribution is -0.143. The van der Waals surface area contributed by atoms with Gasteiger partial charge in [-0.2, -0.15) is 0 Å². The van der Waals surface area contributed by atoms with Gasteiger partial charge in [-0.05, 0) is 50.2 Å². The second-order valence-corrected chi connectivity index (χ2v) is 12.5. The molecule has 3 aliphatic heterocycles. The lowest BCUT2D eigenvalue weighted by atomic mass is 9.65. The molecule has 1 spiro atoms. The van der Waals surface area contributed by atoms with Gasteiger partial charge in [-0.25, -0.2) is 0 Å². The van der Waals surface area contributed by atoms with Crippen LogP contribution in [-0.4, -0.2) is 82.0 Å². The molecule has 2 bridgehead atoms. The van der Waals surface area contributed by atoms with Gasteiger partial charge in [-0.3, -0.25) is 14.4 Å². The first-order valence-electron chi connectivity index (χ1n) is 13.6. The minimum Gasteiger partial charge on any atom is -0.396 e. The van der Waals surface area contributed by atoms with E-state index in [1.165, 1.54) is 0 Å². The van der Waals surface area contributed by atoms with Crippen LogP contribution in [0.25, 0.3) is 0 Å². The third-order valence-corrected chi connectivity index (χ3v) is 10.7. The second-order valence-electron chi connectivity index (χ2n) is 11.0. The summed E-state index contributed by atoms with van der Waals surface area (Å²) < 4.78 is -0.677. The highest BCUT2D eigenvalue weighted by Gasteiger charge is 2.76. The van der Waals surface area contributed by atoms with Gasteiger partial charge in [-0.15, -0.1) is 24.9 Å². The molecule has 0 radical (unpaired) electrons. The average molecular weight is 540 g/mol. The molecule has 8 heteroatoms. The van der Waals surface area contributed by atoms with E-state index in [0.717, 1.165) is 23.2 Å². The maximum absolute atomic E-state index is 14.7. The third kappa shape index (κ3) is 4.39. The molecule has 0 aliphatic carbocycles. The number of hydrogen-bond donors (Lipinski definition) is 1. The summed E-state index contributed by atoms with van der Waals surface area (Å²) in [5, 5.41) is 9.43. The first-order valence-corrected chi connectivity index (χ1v) is 14.5. The Morgan fingerprint density at radius 2 is 1.82 bits per heavy atom. The smallest absolute Gasteiger partial charge is 0.251 e. The quantitative estimate of drug-likeness (QED) is 0.344. The van der Waals surface area contributed by atoms with Gasteiger partial charge in [0.25, 0.3) is 5.91 Å². The Balaban J connectivity index is 1.82. The molecule has 1 aromatic carbocycles. The Labute approximate surface area is 230 Å². The van der Waals surface area contributed by atoms with Gasteiger partial charge in [0.1, 0.15) is 6.04 Å². The molecule has 3 heterocycles. The molecule has 206 valence electrons. The maximum Gasteiger partial charge on any atom is 0.251 e. The first kappa shape index (κ1) is 28.4. The second kappa shape index (κ2) is 11.3. The summed E-state index contributed by atoms with van der Waals surface area (Å²) in [5.41, 5.74) is 2.82. The molecule has 3 fully saturated rings. The number of nitrogens with zero attached hydrogens (tertiary/aromatic N) is 3. The molecule has 1 aromatic rings. The summed E-state index contributed by atoms with van der Waals surface area (Å²) in [6.45, 7) is 15.0. The van der Waals surface area contributed by atoms with Crippen LogP contribution in [0.4, 0.5) is 5.69 Å². The normalized spacial score (nSPS) is 29.3. The summed E-state index contributed by atoms with van der Waals surface area (Å²) in [6, 6.07) is 5.28. The number of aryl methyl sites for hydroxylation is 2. The molecular formula is C30H41N3O4S. The molecular weight excluding hydrogens is 498 g/mol. The topological polar surface area (TPSA) is 81.2 Å². The molecule has 4 rings (SSSR count). The van der Waals surface area contributed by atoms with Crippen molar-refractivity contribution >= 4 is 35.2 Å². The number of carbonyl (C=O) groups is 3. The molecule has 6 atom stereocenters. The zero-order valence-corrected chi connectivity index (χ0v) is 23.9. The summed E-state index contributed by atoms with van der Waals surface area (Å²) in [5.74, 6) is -1.17. The van der Waals surface area contributed by atoms with Crippen LogP contribution < -0.4 is 4.90 Å². The molecule has 0 saturated carbocycles. The number of aliphatic hydroxyl groups is 1. The number of rotatable bonds is 11. The molecule has 3 aliphatic rings. The molecule has 7 nitrogen and oxygen atoms in total. The Hall–Kier alpha value is -2.58. The Bertz CT molecular complexity index is 1100. The summed E-state index contributed by atoms with van der Waals surface area (Å²) in [7, 11) is 1.75. The van der Waals surface area contributed by atoms with E-state index in [-0.39, 0.29) is 35.5 Å². The Morgan fingerprint density at radius 1 is 1.16 bits per heavy atom. The van der Waals surface area contributed by atoms with Gasteiger partial charge < -0.3 is 19.8 Å². The number of benzene rings is 1. The van der Waals surface area contributed by atoms with Crippen molar-refractivity contribution in [3.63, 3.8) is 0 Å². The van der Waals surface area contributed by atoms with E-state index < -0.39 is 22.6 Å². The van der Waals surface area contributed by atoms with Crippen LogP contribution in [0.1, 0.15) is 37.3 Å². The van der Waals surface area contributed by atoms with Crippen LogP contribution in [-0.2, 0) is 14.4 Å². The van der Waals surface area contributed by atoms with E-state index in [1.54, 1.807) is 45.7 Å². The predicted octanol–water partition coefficient (Wildman–Crippen LogP) is 3.58. The number of carbonyl (C=O) groups excluding carboxylic acids is 3. The SMILES string of the molecule is C=CCN(C)C(=O)[C@@H]1[C@H]2C(=O)N(CCCCO)C(C(=O)N(CC=C)c3c(C)cccc3C)C23S[C@@H]1CC3C. The number of amides is 3. The van der Waals surface area contributed by atoms with Crippen LogP contribution >= 0.6 is 11.8 Å². The number of aliphatic hydroxyl groups excluding tert-OH is 1. The molecule has 0 aromatic heterocycles. The van der Waals surface area contributed by atoms with E-state index in [4.69, 9.17) is 0 Å². The van der Waals surface area contributed by atoms with Gasteiger partial charge in [0, 0.05) is 44.2 Å². The number of fused-ring (bicyclic) bond motifs is 1. The molecule has 1 N–H and O–H groups in total. The first-order chi connectivity index (χ1) is 18.1.